The molecule has 144 valence electrons. The molecular formula is C18H35N5O2. The van der Waals surface area contributed by atoms with Crippen LogP contribution in [0.4, 0.5) is 0 Å². The average Bonchev–Trinajstić information content (AvgIpc) is 2.57. The predicted molar refractivity (Wildman–Crippen MR) is 101 cm³/mol. The van der Waals surface area contributed by atoms with Crippen LogP contribution >= 0.6 is 0 Å². The number of nitrogens with one attached hydrogen (secondary N) is 3. The van der Waals surface area contributed by atoms with Gasteiger partial charge in [0, 0.05) is 33.7 Å². The van der Waals surface area contributed by atoms with E-state index < -0.39 is 5.41 Å². The Morgan fingerprint density at radius 1 is 1.20 bits per heavy atom. The van der Waals surface area contributed by atoms with E-state index >= 15 is 0 Å². The first-order valence-electron chi connectivity index (χ1n) is 9.14. The lowest BCUT2D eigenvalue weighted by Crippen LogP contribution is -2.51. The Morgan fingerprint density at radius 3 is 2.40 bits per heavy atom. The van der Waals surface area contributed by atoms with Crippen molar-refractivity contribution in [1.29, 1.82) is 0 Å². The van der Waals surface area contributed by atoms with E-state index in [1.54, 1.807) is 21.1 Å². The summed E-state index contributed by atoms with van der Waals surface area (Å²) in [5, 5.41) is 9.39. The SMILES string of the molecule is CNC(=O)C(C)(C)CNC(=NCC(=O)N(C)C)NC1CCCCC1C. The van der Waals surface area contributed by atoms with Gasteiger partial charge in [0.1, 0.15) is 6.54 Å². The third-order valence-electron chi connectivity index (χ3n) is 4.84. The molecule has 0 radical (unpaired) electrons. The van der Waals surface area contributed by atoms with Crippen molar-refractivity contribution in [2.75, 3.05) is 34.2 Å². The topological polar surface area (TPSA) is 85.8 Å². The number of rotatable bonds is 6. The van der Waals surface area contributed by atoms with Gasteiger partial charge in [-0.2, -0.15) is 0 Å². The van der Waals surface area contributed by atoms with Gasteiger partial charge in [-0.15, -0.1) is 0 Å². The van der Waals surface area contributed by atoms with Crippen LogP contribution in [0.15, 0.2) is 4.99 Å². The first kappa shape index (κ1) is 21.3. The van der Waals surface area contributed by atoms with Crippen molar-refractivity contribution in [3.8, 4) is 0 Å². The van der Waals surface area contributed by atoms with Gasteiger partial charge in [0.05, 0.1) is 5.41 Å². The molecule has 0 aliphatic heterocycles. The summed E-state index contributed by atoms with van der Waals surface area (Å²) in [6.07, 6.45) is 4.77. The Kier molecular flexibility index (Phi) is 8.19. The quantitative estimate of drug-likeness (QED) is 0.490. The summed E-state index contributed by atoms with van der Waals surface area (Å²) in [5.74, 6) is 1.08. The molecule has 1 aliphatic carbocycles. The second kappa shape index (κ2) is 9.63. The maximum absolute atomic E-state index is 12.0. The number of carbonyl (C=O) groups excluding carboxylic acids is 2. The second-order valence-electron chi connectivity index (χ2n) is 7.78. The normalized spacial score (nSPS) is 21.4. The maximum Gasteiger partial charge on any atom is 0.243 e. The van der Waals surface area contributed by atoms with Crippen molar-refractivity contribution in [2.45, 2.75) is 52.5 Å². The van der Waals surface area contributed by atoms with Crippen LogP contribution in [0.3, 0.4) is 0 Å². The molecule has 2 unspecified atom stereocenters. The Balaban J connectivity index is 2.78. The van der Waals surface area contributed by atoms with E-state index in [0.717, 1.165) is 6.42 Å². The molecule has 1 fully saturated rings. The van der Waals surface area contributed by atoms with Gasteiger partial charge in [0.2, 0.25) is 11.8 Å². The molecule has 0 bridgehead atoms. The fourth-order valence-electron chi connectivity index (χ4n) is 2.87. The van der Waals surface area contributed by atoms with Gasteiger partial charge in [-0.25, -0.2) is 4.99 Å². The fraction of sp³-hybridized carbons (Fsp3) is 0.833. The number of nitrogens with zero attached hydrogens (tertiary/aromatic N) is 2. The molecule has 0 spiro atoms. The van der Waals surface area contributed by atoms with E-state index in [1.165, 1.54) is 24.2 Å². The molecule has 0 aromatic carbocycles. The maximum atomic E-state index is 12.0. The van der Waals surface area contributed by atoms with E-state index in [0.29, 0.717) is 24.5 Å². The molecule has 0 saturated heterocycles. The van der Waals surface area contributed by atoms with Crippen LogP contribution in [0, 0.1) is 11.3 Å². The highest BCUT2D eigenvalue weighted by molar-refractivity contribution is 5.86. The van der Waals surface area contributed by atoms with Crippen molar-refractivity contribution in [2.24, 2.45) is 16.3 Å². The van der Waals surface area contributed by atoms with Gasteiger partial charge in [-0.05, 0) is 32.6 Å². The smallest absolute Gasteiger partial charge is 0.243 e. The zero-order valence-electron chi connectivity index (χ0n) is 16.6. The van der Waals surface area contributed by atoms with Crippen LogP contribution < -0.4 is 16.0 Å². The molecule has 0 aromatic rings. The summed E-state index contributed by atoms with van der Waals surface area (Å²) < 4.78 is 0. The summed E-state index contributed by atoms with van der Waals surface area (Å²) in [6, 6.07) is 0.345. The Hall–Kier alpha value is -1.79. The van der Waals surface area contributed by atoms with E-state index in [1.807, 2.05) is 13.8 Å². The van der Waals surface area contributed by atoms with Gasteiger partial charge < -0.3 is 20.9 Å². The van der Waals surface area contributed by atoms with Crippen LogP contribution in [0.2, 0.25) is 0 Å². The fourth-order valence-corrected chi connectivity index (χ4v) is 2.87. The van der Waals surface area contributed by atoms with Crippen LogP contribution in [0.1, 0.15) is 46.5 Å². The van der Waals surface area contributed by atoms with E-state index in [-0.39, 0.29) is 18.4 Å². The molecule has 1 aliphatic rings. The minimum Gasteiger partial charge on any atom is -0.359 e. The van der Waals surface area contributed by atoms with Crippen LogP contribution in [-0.2, 0) is 9.59 Å². The highest BCUT2D eigenvalue weighted by Crippen LogP contribution is 2.23. The lowest BCUT2D eigenvalue weighted by Gasteiger charge is -2.32. The van der Waals surface area contributed by atoms with Gasteiger partial charge in [0.25, 0.3) is 0 Å². The Morgan fingerprint density at radius 2 is 1.84 bits per heavy atom. The molecule has 0 aromatic heterocycles. The minimum absolute atomic E-state index is 0.0326. The zero-order chi connectivity index (χ0) is 19.0. The number of amides is 2. The number of aliphatic imine (C=N–C) groups is 1. The molecule has 0 heterocycles. The van der Waals surface area contributed by atoms with Gasteiger partial charge >= 0.3 is 0 Å². The summed E-state index contributed by atoms with van der Waals surface area (Å²) >= 11 is 0. The molecule has 3 N–H and O–H groups in total. The number of carbonyl (C=O) groups is 2. The Bertz CT molecular complexity index is 488. The minimum atomic E-state index is -0.569. The van der Waals surface area contributed by atoms with Crippen molar-refractivity contribution in [3.63, 3.8) is 0 Å². The van der Waals surface area contributed by atoms with Gasteiger partial charge in [-0.3, -0.25) is 9.59 Å². The number of guanidine groups is 1. The molecule has 7 nitrogen and oxygen atoms in total. The largest absolute Gasteiger partial charge is 0.359 e. The van der Waals surface area contributed by atoms with E-state index in [2.05, 4.69) is 27.9 Å². The molecule has 2 atom stereocenters. The summed E-state index contributed by atoms with van der Waals surface area (Å²) in [7, 11) is 5.07. The van der Waals surface area contributed by atoms with Crippen LogP contribution in [0.5, 0.6) is 0 Å². The van der Waals surface area contributed by atoms with Crippen molar-refractivity contribution >= 4 is 17.8 Å². The lowest BCUT2D eigenvalue weighted by atomic mass is 9.86. The number of hydrogen-bond donors (Lipinski definition) is 3. The van der Waals surface area contributed by atoms with Crippen molar-refractivity contribution in [3.05, 3.63) is 0 Å². The third-order valence-corrected chi connectivity index (χ3v) is 4.84. The zero-order valence-corrected chi connectivity index (χ0v) is 16.6. The predicted octanol–water partition coefficient (Wildman–Crippen LogP) is 0.961. The highest BCUT2D eigenvalue weighted by atomic mass is 16.2. The number of hydrogen-bond acceptors (Lipinski definition) is 3. The van der Waals surface area contributed by atoms with Crippen molar-refractivity contribution < 1.29 is 9.59 Å². The van der Waals surface area contributed by atoms with Crippen LogP contribution in [0.25, 0.3) is 0 Å². The molecule has 1 rings (SSSR count). The molecule has 2 amide bonds. The van der Waals surface area contributed by atoms with Gasteiger partial charge in [-0.1, -0.05) is 19.8 Å². The summed E-state index contributed by atoms with van der Waals surface area (Å²) in [4.78, 5) is 29.8. The third kappa shape index (κ3) is 6.92. The van der Waals surface area contributed by atoms with Crippen LogP contribution in [-0.4, -0.2) is 62.9 Å². The Labute approximate surface area is 152 Å². The first-order valence-corrected chi connectivity index (χ1v) is 9.14. The number of likely N-dealkylation sites (N-methyl/N-ethyl adjacent to an activating group) is 1. The highest BCUT2D eigenvalue weighted by Gasteiger charge is 2.28. The molecule has 1 saturated carbocycles. The molecule has 7 heteroatoms. The summed E-state index contributed by atoms with van der Waals surface area (Å²) in [6.45, 7) is 6.53. The second-order valence-corrected chi connectivity index (χ2v) is 7.78. The molecular weight excluding hydrogens is 318 g/mol. The standard InChI is InChI=1S/C18H35N5O2/c1-13-9-7-8-10-14(13)22-17(20-11-15(24)23(5)6)21-12-18(2,3)16(25)19-4/h13-14H,7-12H2,1-6H3,(H,19,25)(H2,20,21,22). The van der Waals surface area contributed by atoms with Gasteiger partial charge in [0.15, 0.2) is 5.96 Å². The first-order chi connectivity index (χ1) is 11.7. The molecule has 25 heavy (non-hydrogen) atoms. The van der Waals surface area contributed by atoms with E-state index in [4.69, 9.17) is 0 Å². The average molecular weight is 354 g/mol. The monoisotopic (exact) mass is 353 g/mol. The lowest BCUT2D eigenvalue weighted by molar-refractivity contribution is -0.128. The van der Waals surface area contributed by atoms with Crippen molar-refractivity contribution in [1.82, 2.24) is 20.9 Å². The van der Waals surface area contributed by atoms with E-state index in [9.17, 15) is 9.59 Å². The summed E-state index contributed by atoms with van der Waals surface area (Å²) in [5.41, 5.74) is -0.569.